The molecule has 0 amide bonds. The molecule has 17 heavy (non-hydrogen) atoms. The molecule has 2 rings (SSSR count). The summed E-state index contributed by atoms with van der Waals surface area (Å²) in [4.78, 5) is 32.6. The smallest absolute Gasteiger partial charge is 0.420 e. The molecule has 0 fully saturated rings. The van der Waals surface area contributed by atoms with Crippen molar-refractivity contribution in [2.75, 3.05) is 0 Å². The third-order valence-corrected chi connectivity index (χ3v) is 2.21. The van der Waals surface area contributed by atoms with Crippen molar-refractivity contribution in [2.24, 2.45) is 0 Å². The Labute approximate surface area is 93.5 Å². The highest BCUT2D eigenvalue weighted by atomic mass is 16.4. The Hall–Kier alpha value is -2.57. The maximum Gasteiger partial charge on any atom is 0.420 e. The van der Waals surface area contributed by atoms with Crippen LogP contribution in [-0.4, -0.2) is 26.7 Å². The second kappa shape index (κ2) is 3.78. The van der Waals surface area contributed by atoms with Gasteiger partial charge in [-0.25, -0.2) is 9.59 Å². The van der Waals surface area contributed by atoms with Crippen molar-refractivity contribution >= 4 is 23.0 Å². The van der Waals surface area contributed by atoms with Crippen molar-refractivity contribution < 1.29 is 24.2 Å². The molecule has 0 bridgehead atoms. The molecule has 1 aromatic carbocycles. The SMILES string of the molecule is O=C(O)Cn1c(=O)oc2cc(C(=O)O)ccc21. The molecule has 0 radical (unpaired) electrons. The zero-order chi connectivity index (χ0) is 12.6. The van der Waals surface area contributed by atoms with E-state index in [1.165, 1.54) is 18.2 Å². The number of hydrogen-bond donors (Lipinski definition) is 2. The fraction of sp³-hybridized carbons (Fsp3) is 0.100. The van der Waals surface area contributed by atoms with E-state index in [0.717, 1.165) is 4.57 Å². The van der Waals surface area contributed by atoms with Gasteiger partial charge in [0.15, 0.2) is 5.58 Å². The van der Waals surface area contributed by atoms with Gasteiger partial charge in [0.25, 0.3) is 0 Å². The minimum absolute atomic E-state index is 0.0336. The molecular formula is C10H7NO6. The number of fused-ring (bicyclic) bond motifs is 1. The number of carboxylic acid groups (broad SMARTS) is 2. The summed E-state index contributed by atoms with van der Waals surface area (Å²) < 4.78 is 5.69. The van der Waals surface area contributed by atoms with Crippen LogP contribution in [0.4, 0.5) is 0 Å². The van der Waals surface area contributed by atoms with Crippen molar-refractivity contribution in [1.29, 1.82) is 0 Å². The summed E-state index contributed by atoms with van der Waals surface area (Å²) in [5, 5.41) is 17.4. The molecule has 0 aliphatic heterocycles. The third kappa shape index (κ3) is 1.89. The molecular weight excluding hydrogens is 230 g/mol. The first-order valence-electron chi connectivity index (χ1n) is 4.57. The van der Waals surface area contributed by atoms with Crippen LogP contribution in [0.1, 0.15) is 10.4 Å². The van der Waals surface area contributed by atoms with E-state index in [-0.39, 0.29) is 16.7 Å². The van der Waals surface area contributed by atoms with Gasteiger partial charge in [-0.1, -0.05) is 0 Å². The lowest BCUT2D eigenvalue weighted by molar-refractivity contribution is -0.137. The Bertz CT molecular complexity index is 665. The van der Waals surface area contributed by atoms with E-state index in [1.807, 2.05) is 0 Å². The van der Waals surface area contributed by atoms with Crippen LogP contribution in [0.2, 0.25) is 0 Å². The first-order chi connectivity index (χ1) is 7.99. The van der Waals surface area contributed by atoms with E-state index in [0.29, 0.717) is 0 Å². The number of carbonyl (C=O) groups is 2. The maximum atomic E-state index is 11.3. The molecule has 0 saturated carbocycles. The summed E-state index contributed by atoms with van der Waals surface area (Å²) in [6, 6.07) is 3.79. The predicted octanol–water partition coefficient (Wildman–Crippen LogP) is 0.377. The number of nitrogens with zero attached hydrogens (tertiary/aromatic N) is 1. The first-order valence-corrected chi connectivity index (χ1v) is 4.57. The van der Waals surface area contributed by atoms with E-state index in [1.54, 1.807) is 0 Å². The van der Waals surface area contributed by atoms with Gasteiger partial charge in [-0.05, 0) is 18.2 Å². The number of hydrogen-bond acceptors (Lipinski definition) is 4. The molecule has 0 spiro atoms. The van der Waals surface area contributed by atoms with Gasteiger partial charge >= 0.3 is 17.7 Å². The number of benzene rings is 1. The number of rotatable bonds is 3. The topological polar surface area (TPSA) is 110 Å². The Balaban J connectivity index is 2.64. The summed E-state index contributed by atoms with van der Waals surface area (Å²) >= 11 is 0. The van der Waals surface area contributed by atoms with Crippen molar-refractivity contribution in [2.45, 2.75) is 6.54 Å². The molecule has 7 heteroatoms. The molecule has 0 aliphatic rings. The van der Waals surface area contributed by atoms with E-state index in [4.69, 9.17) is 14.6 Å². The largest absolute Gasteiger partial charge is 0.480 e. The number of aromatic nitrogens is 1. The summed E-state index contributed by atoms with van der Waals surface area (Å²) in [5.74, 6) is -3.16. The highest BCUT2D eigenvalue weighted by molar-refractivity contribution is 5.92. The second-order valence-corrected chi connectivity index (χ2v) is 3.34. The van der Waals surface area contributed by atoms with Crippen LogP contribution in [-0.2, 0) is 11.3 Å². The summed E-state index contributed by atoms with van der Waals surface area (Å²) in [6.07, 6.45) is 0. The van der Waals surface area contributed by atoms with Crippen molar-refractivity contribution in [3.63, 3.8) is 0 Å². The summed E-state index contributed by atoms with van der Waals surface area (Å²) in [6.45, 7) is -0.530. The summed E-state index contributed by atoms with van der Waals surface area (Å²) in [7, 11) is 0. The minimum Gasteiger partial charge on any atom is -0.480 e. The average Bonchev–Trinajstić information content (AvgIpc) is 2.54. The maximum absolute atomic E-state index is 11.3. The van der Waals surface area contributed by atoms with Crippen molar-refractivity contribution in [3.05, 3.63) is 34.3 Å². The molecule has 2 N–H and O–H groups in total. The molecule has 0 unspecified atom stereocenters. The van der Waals surface area contributed by atoms with Gasteiger partial charge in [-0.2, -0.15) is 0 Å². The van der Waals surface area contributed by atoms with Crippen LogP contribution in [0, 0.1) is 0 Å². The van der Waals surface area contributed by atoms with Crippen LogP contribution in [0.25, 0.3) is 11.1 Å². The molecule has 0 saturated heterocycles. The molecule has 0 aliphatic carbocycles. The van der Waals surface area contributed by atoms with Crippen LogP contribution >= 0.6 is 0 Å². The zero-order valence-electron chi connectivity index (χ0n) is 8.41. The Kier molecular flexibility index (Phi) is 2.43. The fourth-order valence-corrected chi connectivity index (χ4v) is 1.48. The zero-order valence-corrected chi connectivity index (χ0v) is 8.41. The lowest BCUT2D eigenvalue weighted by Crippen LogP contribution is -2.19. The van der Waals surface area contributed by atoms with Gasteiger partial charge in [0.1, 0.15) is 6.54 Å². The van der Waals surface area contributed by atoms with E-state index < -0.39 is 24.2 Å². The molecule has 88 valence electrons. The molecule has 7 nitrogen and oxygen atoms in total. The second-order valence-electron chi connectivity index (χ2n) is 3.34. The van der Waals surface area contributed by atoms with Gasteiger partial charge in [0, 0.05) is 0 Å². The number of aromatic carboxylic acids is 1. The molecule has 1 aromatic heterocycles. The van der Waals surface area contributed by atoms with Gasteiger partial charge < -0.3 is 14.6 Å². The van der Waals surface area contributed by atoms with Gasteiger partial charge in [0.2, 0.25) is 0 Å². The van der Waals surface area contributed by atoms with Crippen LogP contribution < -0.4 is 5.76 Å². The predicted molar refractivity (Wildman–Crippen MR) is 55.1 cm³/mol. The Morgan fingerprint density at radius 3 is 2.59 bits per heavy atom. The first kappa shape index (κ1) is 10.9. The molecule has 2 aromatic rings. The lowest BCUT2D eigenvalue weighted by Gasteiger charge is -1.97. The summed E-state index contributed by atoms with van der Waals surface area (Å²) in [5.41, 5.74) is 0.271. The lowest BCUT2D eigenvalue weighted by atomic mass is 10.2. The van der Waals surface area contributed by atoms with Crippen LogP contribution in [0.5, 0.6) is 0 Å². The minimum atomic E-state index is -1.18. The molecule has 0 atom stereocenters. The fourth-order valence-electron chi connectivity index (χ4n) is 1.48. The number of oxazole rings is 1. The molecule has 1 heterocycles. The number of aliphatic carboxylic acids is 1. The van der Waals surface area contributed by atoms with Gasteiger partial charge in [0.05, 0.1) is 11.1 Å². The third-order valence-electron chi connectivity index (χ3n) is 2.21. The quantitative estimate of drug-likeness (QED) is 0.798. The van der Waals surface area contributed by atoms with Crippen LogP contribution in [0.3, 0.4) is 0 Å². The monoisotopic (exact) mass is 237 g/mol. The number of carboxylic acids is 2. The standard InChI is InChI=1S/C10H7NO6/c12-8(13)4-11-6-2-1-5(9(14)15)3-7(6)17-10(11)16/h1-3H,4H2,(H,12,13)(H,14,15). The van der Waals surface area contributed by atoms with E-state index in [9.17, 15) is 14.4 Å². The van der Waals surface area contributed by atoms with Gasteiger partial charge in [-0.3, -0.25) is 9.36 Å². The Morgan fingerprint density at radius 2 is 2.00 bits per heavy atom. The van der Waals surface area contributed by atoms with Crippen molar-refractivity contribution in [3.8, 4) is 0 Å². The van der Waals surface area contributed by atoms with Gasteiger partial charge in [-0.15, -0.1) is 0 Å². The van der Waals surface area contributed by atoms with Crippen molar-refractivity contribution in [1.82, 2.24) is 4.57 Å². The highest BCUT2D eigenvalue weighted by Crippen LogP contribution is 2.15. The van der Waals surface area contributed by atoms with Crippen LogP contribution in [0.15, 0.2) is 27.4 Å². The highest BCUT2D eigenvalue weighted by Gasteiger charge is 2.13. The van der Waals surface area contributed by atoms with E-state index >= 15 is 0 Å². The normalized spacial score (nSPS) is 10.6. The van der Waals surface area contributed by atoms with E-state index in [2.05, 4.69) is 0 Å². The Morgan fingerprint density at radius 1 is 1.29 bits per heavy atom. The average molecular weight is 237 g/mol.